The maximum Gasteiger partial charge on any atom is 0.315 e. The Kier molecular flexibility index (Phi) is 8.62. The number of carbonyl (C=O) groups is 2. The Balaban J connectivity index is 1.55. The zero-order chi connectivity index (χ0) is 24.7. The van der Waals surface area contributed by atoms with Crippen molar-refractivity contribution in [3.8, 4) is 0 Å². The monoisotopic (exact) mass is 490 g/mol. The number of amides is 3. The van der Waals surface area contributed by atoms with E-state index in [9.17, 15) is 22.4 Å². The van der Waals surface area contributed by atoms with Crippen molar-refractivity contribution in [2.45, 2.75) is 44.2 Å². The lowest BCUT2D eigenvalue weighted by Gasteiger charge is -2.36. The van der Waals surface area contributed by atoms with Gasteiger partial charge in [0.05, 0.1) is 4.90 Å². The van der Waals surface area contributed by atoms with Gasteiger partial charge in [-0.2, -0.15) is 4.31 Å². The van der Waals surface area contributed by atoms with Crippen LogP contribution in [0.4, 0.5) is 9.18 Å². The van der Waals surface area contributed by atoms with Crippen LogP contribution in [-0.4, -0.2) is 61.8 Å². The molecule has 0 saturated carbocycles. The molecule has 0 aromatic heterocycles. The average molecular weight is 491 g/mol. The number of hydrogen-bond acceptors (Lipinski definition) is 4. The van der Waals surface area contributed by atoms with E-state index in [0.717, 1.165) is 11.1 Å². The standard InChI is InChI=1S/C24H31FN4O4S/c1-3-4-22(27-24(31)26-17-19-7-9-20(25)10-8-19)23(30)28-13-15-29(16-14-28)34(32,33)21-11-5-18(2)6-12-21/h5-12,22H,3-4,13-17H2,1-2H3,(H2,26,27,31)/t22-/m1/s1. The summed E-state index contributed by atoms with van der Waals surface area (Å²) >= 11 is 0. The second-order valence-corrected chi connectivity index (χ2v) is 10.3. The van der Waals surface area contributed by atoms with Crippen LogP contribution in [0.15, 0.2) is 53.4 Å². The second kappa shape index (κ2) is 11.4. The molecule has 0 bridgehead atoms. The van der Waals surface area contributed by atoms with E-state index in [1.807, 2.05) is 13.8 Å². The number of carbonyl (C=O) groups excluding carboxylic acids is 2. The van der Waals surface area contributed by atoms with Crippen LogP contribution in [0.1, 0.15) is 30.9 Å². The van der Waals surface area contributed by atoms with Gasteiger partial charge in [0.1, 0.15) is 11.9 Å². The van der Waals surface area contributed by atoms with E-state index in [4.69, 9.17) is 0 Å². The van der Waals surface area contributed by atoms with Crippen LogP contribution in [-0.2, 0) is 21.4 Å². The molecule has 2 aromatic rings. The quantitative estimate of drug-likeness (QED) is 0.594. The predicted octanol–water partition coefficient (Wildman–Crippen LogP) is 2.64. The lowest BCUT2D eigenvalue weighted by Crippen LogP contribution is -2.56. The van der Waals surface area contributed by atoms with E-state index in [-0.39, 0.29) is 49.3 Å². The summed E-state index contributed by atoms with van der Waals surface area (Å²) in [6, 6.07) is 11.3. The van der Waals surface area contributed by atoms with E-state index < -0.39 is 22.1 Å². The molecular weight excluding hydrogens is 459 g/mol. The molecule has 1 fully saturated rings. The van der Waals surface area contributed by atoms with Crippen molar-refractivity contribution in [3.63, 3.8) is 0 Å². The molecule has 184 valence electrons. The number of nitrogens with zero attached hydrogens (tertiary/aromatic N) is 2. The molecule has 10 heteroatoms. The maximum atomic E-state index is 13.1. The van der Waals surface area contributed by atoms with Crippen LogP contribution in [0, 0.1) is 12.7 Å². The van der Waals surface area contributed by atoms with Gasteiger partial charge in [-0.05, 0) is 43.2 Å². The van der Waals surface area contributed by atoms with E-state index in [0.29, 0.717) is 12.8 Å². The van der Waals surface area contributed by atoms with E-state index in [1.54, 1.807) is 41.3 Å². The number of benzene rings is 2. The molecular formula is C24H31FN4O4S. The Bertz CT molecular complexity index is 1080. The summed E-state index contributed by atoms with van der Waals surface area (Å²) in [7, 11) is -3.62. The minimum Gasteiger partial charge on any atom is -0.338 e. The molecule has 1 aliphatic heterocycles. The van der Waals surface area contributed by atoms with Crippen molar-refractivity contribution in [1.82, 2.24) is 19.8 Å². The van der Waals surface area contributed by atoms with Gasteiger partial charge in [-0.3, -0.25) is 4.79 Å². The molecule has 1 aliphatic rings. The minimum absolute atomic E-state index is 0.192. The Morgan fingerprint density at radius 2 is 1.62 bits per heavy atom. The molecule has 2 aromatic carbocycles. The third kappa shape index (κ3) is 6.54. The van der Waals surface area contributed by atoms with Gasteiger partial charge < -0.3 is 15.5 Å². The molecule has 1 atom stereocenters. The number of sulfonamides is 1. The highest BCUT2D eigenvalue weighted by molar-refractivity contribution is 7.89. The number of aryl methyl sites for hydroxylation is 1. The van der Waals surface area contributed by atoms with Gasteiger partial charge in [0.25, 0.3) is 0 Å². The molecule has 34 heavy (non-hydrogen) atoms. The van der Waals surface area contributed by atoms with Gasteiger partial charge in [-0.25, -0.2) is 17.6 Å². The normalized spacial score (nSPS) is 15.6. The molecule has 0 aliphatic carbocycles. The number of halogens is 1. The highest BCUT2D eigenvalue weighted by atomic mass is 32.2. The fourth-order valence-corrected chi connectivity index (χ4v) is 5.19. The van der Waals surface area contributed by atoms with E-state index in [2.05, 4.69) is 10.6 Å². The number of piperazine rings is 1. The predicted molar refractivity (Wildman–Crippen MR) is 127 cm³/mol. The highest BCUT2D eigenvalue weighted by Gasteiger charge is 2.32. The van der Waals surface area contributed by atoms with Crippen LogP contribution >= 0.6 is 0 Å². The van der Waals surface area contributed by atoms with Crippen molar-refractivity contribution < 1.29 is 22.4 Å². The summed E-state index contributed by atoms with van der Waals surface area (Å²) in [5, 5.41) is 5.41. The molecule has 8 nitrogen and oxygen atoms in total. The fraction of sp³-hybridized carbons (Fsp3) is 0.417. The lowest BCUT2D eigenvalue weighted by molar-refractivity contribution is -0.134. The molecule has 0 unspecified atom stereocenters. The zero-order valence-corrected chi connectivity index (χ0v) is 20.3. The molecule has 1 heterocycles. The largest absolute Gasteiger partial charge is 0.338 e. The Hall–Kier alpha value is -2.98. The van der Waals surface area contributed by atoms with Gasteiger partial charge in [0, 0.05) is 32.7 Å². The van der Waals surface area contributed by atoms with Crippen molar-refractivity contribution in [3.05, 3.63) is 65.5 Å². The van der Waals surface area contributed by atoms with Crippen LogP contribution in [0.3, 0.4) is 0 Å². The van der Waals surface area contributed by atoms with Crippen LogP contribution in [0.2, 0.25) is 0 Å². The van der Waals surface area contributed by atoms with Crippen molar-refractivity contribution >= 4 is 22.0 Å². The van der Waals surface area contributed by atoms with Gasteiger partial charge in [0.2, 0.25) is 15.9 Å². The van der Waals surface area contributed by atoms with Crippen LogP contribution < -0.4 is 10.6 Å². The first-order valence-corrected chi connectivity index (χ1v) is 12.8. The fourth-order valence-electron chi connectivity index (χ4n) is 3.77. The second-order valence-electron chi connectivity index (χ2n) is 8.34. The van der Waals surface area contributed by atoms with Gasteiger partial charge >= 0.3 is 6.03 Å². The summed E-state index contributed by atoms with van der Waals surface area (Å²) in [6.45, 7) is 4.91. The SMILES string of the molecule is CCC[C@@H](NC(=O)NCc1ccc(F)cc1)C(=O)N1CCN(S(=O)(=O)c2ccc(C)cc2)CC1. The molecule has 3 amide bonds. The smallest absolute Gasteiger partial charge is 0.315 e. The van der Waals surface area contributed by atoms with E-state index >= 15 is 0 Å². The summed E-state index contributed by atoms with van der Waals surface area (Å²) in [5.74, 6) is -0.584. The van der Waals surface area contributed by atoms with E-state index in [1.165, 1.54) is 16.4 Å². The molecule has 3 rings (SSSR count). The van der Waals surface area contributed by atoms with Crippen molar-refractivity contribution in [1.29, 1.82) is 0 Å². The van der Waals surface area contributed by atoms with Gasteiger partial charge in [-0.15, -0.1) is 0 Å². The van der Waals surface area contributed by atoms with Crippen LogP contribution in [0.5, 0.6) is 0 Å². The molecule has 2 N–H and O–H groups in total. The summed E-state index contributed by atoms with van der Waals surface area (Å²) in [6.07, 6.45) is 1.15. The topological polar surface area (TPSA) is 98.8 Å². The molecule has 0 radical (unpaired) electrons. The van der Waals surface area contributed by atoms with Crippen molar-refractivity contribution in [2.75, 3.05) is 26.2 Å². The summed E-state index contributed by atoms with van der Waals surface area (Å²) < 4.78 is 40.2. The maximum absolute atomic E-state index is 13.1. The van der Waals surface area contributed by atoms with Crippen molar-refractivity contribution in [2.24, 2.45) is 0 Å². The Morgan fingerprint density at radius 1 is 1.00 bits per heavy atom. The third-order valence-corrected chi connectivity index (χ3v) is 7.67. The average Bonchev–Trinajstić information content (AvgIpc) is 2.83. The molecule has 0 spiro atoms. The Morgan fingerprint density at radius 3 is 2.21 bits per heavy atom. The first-order valence-electron chi connectivity index (χ1n) is 11.3. The number of urea groups is 1. The summed E-state index contributed by atoms with van der Waals surface area (Å²) in [5.41, 5.74) is 1.71. The van der Waals surface area contributed by atoms with Crippen LogP contribution in [0.25, 0.3) is 0 Å². The highest BCUT2D eigenvalue weighted by Crippen LogP contribution is 2.19. The number of nitrogens with one attached hydrogen (secondary N) is 2. The zero-order valence-electron chi connectivity index (χ0n) is 19.5. The number of hydrogen-bond donors (Lipinski definition) is 2. The molecule has 1 saturated heterocycles. The minimum atomic E-state index is -3.62. The summed E-state index contributed by atoms with van der Waals surface area (Å²) in [4.78, 5) is 27.3. The van der Waals surface area contributed by atoms with Gasteiger partial charge in [-0.1, -0.05) is 43.2 Å². The third-order valence-electron chi connectivity index (χ3n) is 5.76. The lowest BCUT2D eigenvalue weighted by atomic mass is 10.1. The Labute approximate surface area is 200 Å². The first kappa shape index (κ1) is 25.6. The van der Waals surface area contributed by atoms with Gasteiger partial charge in [0.15, 0.2) is 0 Å². The first-order chi connectivity index (χ1) is 16.2. The number of rotatable bonds is 8.